The molecule has 0 spiro atoms. The largest absolute Gasteiger partial charge is 0.330 e. The highest BCUT2D eigenvalue weighted by Crippen LogP contribution is 2.22. The van der Waals surface area contributed by atoms with Crippen LogP contribution in [0.3, 0.4) is 0 Å². The van der Waals surface area contributed by atoms with E-state index in [0.29, 0.717) is 32.1 Å². The minimum atomic E-state index is -3.06. The second-order valence-electron chi connectivity index (χ2n) is 5.00. The van der Waals surface area contributed by atoms with Crippen molar-refractivity contribution in [2.24, 2.45) is 5.73 Å². The molecular formula is C11H23N3O2S. The Labute approximate surface area is 104 Å². The van der Waals surface area contributed by atoms with E-state index in [2.05, 4.69) is 4.90 Å². The Bertz CT molecular complexity index is 339. The lowest BCUT2D eigenvalue weighted by Gasteiger charge is -2.23. The third-order valence-electron chi connectivity index (χ3n) is 3.78. The molecule has 6 heteroatoms. The third-order valence-corrected chi connectivity index (χ3v) is 5.71. The van der Waals surface area contributed by atoms with Crippen molar-refractivity contribution in [2.75, 3.05) is 38.5 Å². The summed E-state index contributed by atoms with van der Waals surface area (Å²) in [4.78, 5) is 2.44. The molecule has 2 heterocycles. The van der Waals surface area contributed by atoms with E-state index >= 15 is 0 Å². The molecule has 2 rings (SSSR count). The Kier molecular flexibility index (Phi) is 4.41. The van der Waals surface area contributed by atoms with Gasteiger partial charge in [0.2, 0.25) is 10.0 Å². The zero-order valence-corrected chi connectivity index (χ0v) is 11.2. The molecule has 2 fully saturated rings. The van der Waals surface area contributed by atoms with Gasteiger partial charge in [0, 0.05) is 19.1 Å². The molecule has 2 aliphatic heterocycles. The van der Waals surface area contributed by atoms with Gasteiger partial charge < -0.3 is 5.73 Å². The minimum Gasteiger partial charge on any atom is -0.330 e. The summed E-state index contributed by atoms with van der Waals surface area (Å²) in [5.41, 5.74) is 5.37. The van der Waals surface area contributed by atoms with Crippen LogP contribution in [0.4, 0.5) is 0 Å². The summed E-state index contributed by atoms with van der Waals surface area (Å²) in [6.45, 7) is 4.10. The summed E-state index contributed by atoms with van der Waals surface area (Å²) in [5, 5.41) is 0. The predicted molar refractivity (Wildman–Crippen MR) is 68.2 cm³/mol. The maximum atomic E-state index is 12.0. The Morgan fingerprint density at radius 2 is 1.88 bits per heavy atom. The lowest BCUT2D eigenvalue weighted by molar-refractivity contribution is 0.251. The molecule has 0 saturated carbocycles. The summed E-state index contributed by atoms with van der Waals surface area (Å²) in [6, 6.07) is 0.449. The highest BCUT2D eigenvalue weighted by molar-refractivity contribution is 7.89. The minimum absolute atomic E-state index is 0.205. The number of hydrogen-bond donors (Lipinski definition) is 1. The number of nitrogens with two attached hydrogens (primary N) is 1. The summed E-state index contributed by atoms with van der Waals surface area (Å²) in [6.07, 6.45) is 4.07. The van der Waals surface area contributed by atoms with Crippen LogP contribution >= 0.6 is 0 Å². The number of likely N-dealkylation sites (tertiary alicyclic amines) is 1. The Morgan fingerprint density at radius 3 is 2.53 bits per heavy atom. The second-order valence-corrected chi connectivity index (χ2v) is 7.09. The molecule has 0 aromatic rings. The molecule has 0 aromatic carbocycles. The van der Waals surface area contributed by atoms with Gasteiger partial charge >= 0.3 is 0 Å². The fourth-order valence-corrected chi connectivity index (χ4v) is 4.34. The fraction of sp³-hybridized carbons (Fsp3) is 1.00. The van der Waals surface area contributed by atoms with Gasteiger partial charge in [0.25, 0.3) is 0 Å². The molecule has 0 bridgehead atoms. The summed E-state index contributed by atoms with van der Waals surface area (Å²) >= 11 is 0. The lowest BCUT2D eigenvalue weighted by Crippen LogP contribution is -2.38. The molecule has 0 radical (unpaired) electrons. The highest BCUT2D eigenvalue weighted by atomic mass is 32.2. The van der Waals surface area contributed by atoms with Crippen LogP contribution in [0.15, 0.2) is 0 Å². The number of hydrogen-bond acceptors (Lipinski definition) is 4. The molecule has 0 aromatic heterocycles. The van der Waals surface area contributed by atoms with E-state index in [1.165, 1.54) is 12.8 Å². The molecule has 100 valence electrons. The summed E-state index contributed by atoms with van der Waals surface area (Å²) in [5.74, 6) is 0.205. The standard InChI is InChI=1S/C11H23N3O2S/c12-5-3-9-17(15,16)14-8-4-11(10-14)13-6-1-2-7-13/h11H,1-10,12H2. The molecular weight excluding hydrogens is 238 g/mol. The van der Waals surface area contributed by atoms with Crippen LogP contribution in [0.2, 0.25) is 0 Å². The van der Waals surface area contributed by atoms with Gasteiger partial charge in [-0.15, -0.1) is 0 Å². The zero-order valence-electron chi connectivity index (χ0n) is 10.3. The van der Waals surface area contributed by atoms with Crippen LogP contribution < -0.4 is 5.73 Å². The monoisotopic (exact) mass is 261 g/mol. The Morgan fingerprint density at radius 1 is 1.18 bits per heavy atom. The first-order valence-corrected chi connectivity index (χ1v) is 8.16. The number of rotatable bonds is 5. The first-order chi connectivity index (χ1) is 8.13. The van der Waals surface area contributed by atoms with E-state index in [9.17, 15) is 8.42 Å². The van der Waals surface area contributed by atoms with Gasteiger partial charge in [0.15, 0.2) is 0 Å². The van der Waals surface area contributed by atoms with E-state index in [1.807, 2.05) is 0 Å². The van der Waals surface area contributed by atoms with E-state index < -0.39 is 10.0 Å². The van der Waals surface area contributed by atoms with Crippen LogP contribution in [0.25, 0.3) is 0 Å². The van der Waals surface area contributed by atoms with Gasteiger partial charge in [-0.2, -0.15) is 0 Å². The van der Waals surface area contributed by atoms with Crippen molar-refractivity contribution in [2.45, 2.75) is 31.7 Å². The van der Waals surface area contributed by atoms with Gasteiger partial charge in [0.05, 0.1) is 5.75 Å². The first-order valence-electron chi connectivity index (χ1n) is 6.55. The summed E-state index contributed by atoms with van der Waals surface area (Å²) < 4.78 is 25.7. The van der Waals surface area contributed by atoms with Crippen molar-refractivity contribution in [3.8, 4) is 0 Å². The van der Waals surface area contributed by atoms with Gasteiger partial charge in [-0.1, -0.05) is 0 Å². The van der Waals surface area contributed by atoms with Gasteiger partial charge in [0.1, 0.15) is 0 Å². The van der Waals surface area contributed by atoms with Crippen molar-refractivity contribution >= 4 is 10.0 Å². The maximum absolute atomic E-state index is 12.0. The zero-order chi connectivity index (χ0) is 12.3. The van der Waals surface area contributed by atoms with Crippen molar-refractivity contribution in [1.29, 1.82) is 0 Å². The first kappa shape index (κ1) is 13.3. The van der Waals surface area contributed by atoms with Crippen molar-refractivity contribution in [3.05, 3.63) is 0 Å². The van der Waals surface area contributed by atoms with Gasteiger partial charge in [-0.05, 0) is 45.3 Å². The van der Waals surface area contributed by atoms with Crippen molar-refractivity contribution in [3.63, 3.8) is 0 Å². The molecule has 2 aliphatic rings. The topological polar surface area (TPSA) is 66.6 Å². The molecule has 0 amide bonds. The molecule has 2 N–H and O–H groups in total. The fourth-order valence-electron chi connectivity index (χ4n) is 2.76. The molecule has 0 aliphatic carbocycles. The Hall–Kier alpha value is -0.170. The van der Waals surface area contributed by atoms with Gasteiger partial charge in [-0.3, -0.25) is 4.90 Å². The van der Waals surface area contributed by atoms with Crippen LogP contribution in [0.5, 0.6) is 0 Å². The van der Waals surface area contributed by atoms with E-state index in [1.54, 1.807) is 4.31 Å². The van der Waals surface area contributed by atoms with E-state index in [0.717, 1.165) is 19.5 Å². The molecule has 2 saturated heterocycles. The quantitative estimate of drug-likeness (QED) is 0.746. The average molecular weight is 261 g/mol. The second kappa shape index (κ2) is 5.65. The van der Waals surface area contributed by atoms with E-state index in [-0.39, 0.29) is 5.75 Å². The van der Waals surface area contributed by atoms with Crippen LogP contribution in [0.1, 0.15) is 25.7 Å². The van der Waals surface area contributed by atoms with Crippen LogP contribution in [-0.2, 0) is 10.0 Å². The SMILES string of the molecule is NCCCS(=O)(=O)N1CCC(N2CCCC2)C1. The smallest absolute Gasteiger partial charge is 0.214 e. The molecule has 17 heavy (non-hydrogen) atoms. The molecule has 1 atom stereocenters. The predicted octanol–water partition coefficient (Wildman–Crippen LogP) is -0.165. The van der Waals surface area contributed by atoms with Crippen LogP contribution in [0, 0.1) is 0 Å². The third kappa shape index (κ3) is 3.19. The van der Waals surface area contributed by atoms with E-state index in [4.69, 9.17) is 5.73 Å². The number of sulfonamides is 1. The molecule has 5 nitrogen and oxygen atoms in total. The number of nitrogens with zero attached hydrogens (tertiary/aromatic N) is 2. The van der Waals surface area contributed by atoms with Crippen molar-refractivity contribution < 1.29 is 8.42 Å². The van der Waals surface area contributed by atoms with Gasteiger partial charge in [-0.25, -0.2) is 12.7 Å². The highest BCUT2D eigenvalue weighted by Gasteiger charge is 2.34. The maximum Gasteiger partial charge on any atom is 0.214 e. The average Bonchev–Trinajstić information content (AvgIpc) is 2.95. The van der Waals surface area contributed by atoms with Crippen LogP contribution in [-0.4, -0.2) is 62.1 Å². The molecule has 1 unspecified atom stereocenters. The Balaban J connectivity index is 1.88. The normalized spacial score (nSPS) is 27.9. The lowest BCUT2D eigenvalue weighted by atomic mass is 10.2. The van der Waals surface area contributed by atoms with Crippen molar-refractivity contribution in [1.82, 2.24) is 9.21 Å². The summed E-state index contributed by atoms with van der Waals surface area (Å²) in [7, 11) is -3.06.